The molecular weight excluding hydrogens is 419 g/mol. The van der Waals surface area contributed by atoms with Crippen molar-refractivity contribution in [1.82, 2.24) is 0 Å². The van der Waals surface area contributed by atoms with Crippen molar-refractivity contribution in [2.75, 3.05) is 0 Å². The summed E-state index contributed by atoms with van der Waals surface area (Å²) in [7, 11) is 0. The smallest absolute Gasteiger partial charge is 0.200 e. The van der Waals surface area contributed by atoms with Crippen LogP contribution < -0.4 is 0 Å². The predicted octanol–water partition coefficient (Wildman–Crippen LogP) is 5.88. The number of Topliss-reactive ketones (excluding diaryl/α,β-unsaturated/α-hetero) is 1. The van der Waals surface area contributed by atoms with Crippen molar-refractivity contribution in [3.63, 3.8) is 0 Å². The molecule has 0 saturated heterocycles. The largest absolute Gasteiger partial charge is 0.457 e. The molecule has 0 atom stereocenters. The van der Waals surface area contributed by atoms with Crippen LogP contribution in [0.25, 0.3) is 17.4 Å². The lowest BCUT2D eigenvalue weighted by molar-refractivity contribution is 0.104. The molecule has 0 radical (unpaired) electrons. The first kappa shape index (κ1) is 14.8. The zero-order chi connectivity index (χ0) is 15.8. The lowest BCUT2D eigenvalue weighted by atomic mass is 10.1. The normalized spacial score (nSPS) is 15.2. The van der Waals surface area contributed by atoms with E-state index in [-0.39, 0.29) is 5.78 Å². The van der Waals surface area contributed by atoms with Gasteiger partial charge in [-0.25, -0.2) is 0 Å². The Morgan fingerprint density at radius 2 is 1.74 bits per heavy atom. The molecular formula is C19H11IO2S. The third-order valence-corrected chi connectivity index (χ3v) is 5.42. The minimum Gasteiger partial charge on any atom is -0.457 e. The molecule has 112 valence electrons. The van der Waals surface area contributed by atoms with Gasteiger partial charge in [-0.1, -0.05) is 36.0 Å². The lowest BCUT2D eigenvalue weighted by Gasteiger charge is -1.97. The van der Waals surface area contributed by atoms with Crippen molar-refractivity contribution in [1.29, 1.82) is 0 Å². The third-order valence-electron chi connectivity index (χ3n) is 3.60. The Balaban J connectivity index is 1.64. The summed E-state index contributed by atoms with van der Waals surface area (Å²) in [4.78, 5) is 14.1. The average molecular weight is 430 g/mol. The molecule has 0 amide bonds. The van der Waals surface area contributed by atoms with Crippen LogP contribution in [0.4, 0.5) is 0 Å². The van der Waals surface area contributed by atoms with Crippen LogP contribution in [0.1, 0.15) is 16.1 Å². The van der Waals surface area contributed by atoms with Crippen LogP contribution in [-0.4, -0.2) is 5.78 Å². The number of hydrogen-bond acceptors (Lipinski definition) is 3. The molecule has 23 heavy (non-hydrogen) atoms. The predicted molar refractivity (Wildman–Crippen MR) is 101 cm³/mol. The van der Waals surface area contributed by atoms with Gasteiger partial charge in [-0.2, -0.15) is 0 Å². The first-order valence-electron chi connectivity index (χ1n) is 7.10. The van der Waals surface area contributed by atoms with Crippen LogP contribution in [0, 0.1) is 3.57 Å². The fourth-order valence-electron chi connectivity index (χ4n) is 2.46. The fraction of sp³-hybridized carbons (Fsp3) is 0. The zero-order valence-electron chi connectivity index (χ0n) is 12.0. The molecule has 2 aromatic carbocycles. The Kier molecular flexibility index (Phi) is 3.87. The quantitative estimate of drug-likeness (QED) is 0.376. The van der Waals surface area contributed by atoms with Crippen LogP contribution in [0.5, 0.6) is 0 Å². The lowest BCUT2D eigenvalue weighted by Crippen LogP contribution is -1.93. The summed E-state index contributed by atoms with van der Waals surface area (Å²) < 4.78 is 7.06. The first-order chi connectivity index (χ1) is 11.2. The van der Waals surface area contributed by atoms with Gasteiger partial charge in [0.15, 0.2) is 0 Å². The van der Waals surface area contributed by atoms with Gasteiger partial charge in [-0.15, -0.1) is 0 Å². The SMILES string of the molecule is O=C1/C(=C/c2ccc(-c3ccc(I)cc3)o2)Sc2ccccc21. The van der Waals surface area contributed by atoms with Crippen LogP contribution >= 0.6 is 34.4 Å². The van der Waals surface area contributed by atoms with Gasteiger partial charge in [0.25, 0.3) is 0 Å². The van der Waals surface area contributed by atoms with Crippen molar-refractivity contribution >= 4 is 46.2 Å². The second-order valence-corrected chi connectivity index (χ2v) is 7.47. The van der Waals surface area contributed by atoms with E-state index in [9.17, 15) is 4.79 Å². The van der Waals surface area contributed by atoms with Crippen molar-refractivity contribution in [3.05, 3.63) is 80.5 Å². The maximum Gasteiger partial charge on any atom is 0.200 e. The van der Waals surface area contributed by atoms with Gasteiger partial charge in [0.2, 0.25) is 5.78 Å². The second kappa shape index (κ2) is 6.02. The number of thioether (sulfide) groups is 1. The summed E-state index contributed by atoms with van der Waals surface area (Å²) in [5.41, 5.74) is 1.80. The van der Waals surface area contributed by atoms with E-state index in [4.69, 9.17) is 4.42 Å². The number of ketones is 1. The fourth-order valence-corrected chi connectivity index (χ4v) is 3.86. The molecule has 0 fully saturated rings. The summed E-state index contributed by atoms with van der Waals surface area (Å²) in [5.74, 6) is 1.57. The van der Waals surface area contributed by atoms with Gasteiger partial charge in [-0.3, -0.25) is 4.79 Å². The van der Waals surface area contributed by atoms with E-state index in [1.165, 1.54) is 15.3 Å². The first-order valence-corrected chi connectivity index (χ1v) is 8.99. The Morgan fingerprint density at radius 1 is 0.957 bits per heavy atom. The number of allylic oxidation sites excluding steroid dienone is 1. The molecule has 3 aromatic rings. The maximum absolute atomic E-state index is 12.4. The molecule has 0 bridgehead atoms. The summed E-state index contributed by atoms with van der Waals surface area (Å²) in [5, 5.41) is 0. The number of carbonyl (C=O) groups is 1. The summed E-state index contributed by atoms with van der Waals surface area (Å²) >= 11 is 3.77. The highest BCUT2D eigenvalue weighted by molar-refractivity contribution is 14.1. The van der Waals surface area contributed by atoms with E-state index in [1.54, 1.807) is 0 Å². The number of hydrogen-bond donors (Lipinski definition) is 0. The van der Waals surface area contributed by atoms with Crippen molar-refractivity contribution < 1.29 is 9.21 Å². The van der Waals surface area contributed by atoms with E-state index >= 15 is 0 Å². The topological polar surface area (TPSA) is 30.2 Å². The number of fused-ring (bicyclic) bond motifs is 1. The highest BCUT2D eigenvalue weighted by atomic mass is 127. The monoisotopic (exact) mass is 430 g/mol. The van der Waals surface area contributed by atoms with Gasteiger partial charge >= 0.3 is 0 Å². The molecule has 0 N–H and O–H groups in total. The van der Waals surface area contributed by atoms with E-state index in [0.717, 1.165) is 21.8 Å². The molecule has 1 aliphatic heterocycles. The standard InChI is InChI=1S/C19H11IO2S/c20-13-7-5-12(6-8-13)16-10-9-14(22-16)11-18-19(21)15-3-1-2-4-17(15)23-18/h1-11H/b18-11-. The van der Waals surface area contributed by atoms with Crippen LogP contribution in [0.3, 0.4) is 0 Å². The number of benzene rings is 2. The summed E-state index contributed by atoms with van der Waals surface area (Å²) in [6, 6.07) is 19.7. The van der Waals surface area contributed by atoms with Gasteiger partial charge < -0.3 is 4.42 Å². The molecule has 4 heteroatoms. The number of furan rings is 1. The minimum absolute atomic E-state index is 0.0674. The molecule has 2 heterocycles. The highest BCUT2D eigenvalue weighted by Crippen LogP contribution is 2.40. The average Bonchev–Trinajstić information content (AvgIpc) is 3.15. The molecule has 0 saturated carbocycles. The van der Waals surface area contributed by atoms with Gasteiger partial charge in [0.05, 0.1) is 4.91 Å². The number of halogens is 1. The van der Waals surface area contributed by atoms with Crippen molar-refractivity contribution in [2.45, 2.75) is 4.90 Å². The molecule has 0 aliphatic carbocycles. The van der Waals surface area contributed by atoms with Crippen LogP contribution in [-0.2, 0) is 0 Å². The Bertz CT molecular complexity index is 923. The van der Waals surface area contributed by atoms with Gasteiger partial charge in [0, 0.05) is 19.6 Å². The number of carbonyl (C=O) groups excluding carboxylic acids is 1. The Morgan fingerprint density at radius 3 is 2.52 bits per heavy atom. The van der Waals surface area contributed by atoms with E-state index in [0.29, 0.717) is 10.7 Å². The zero-order valence-corrected chi connectivity index (χ0v) is 14.9. The Hall–Kier alpha value is -1.79. The Labute approximate surface area is 151 Å². The summed E-state index contributed by atoms with van der Waals surface area (Å²) in [6.45, 7) is 0. The molecule has 4 rings (SSSR count). The van der Waals surface area contributed by atoms with E-state index in [2.05, 4.69) is 22.6 Å². The van der Waals surface area contributed by atoms with Gasteiger partial charge in [0.1, 0.15) is 11.5 Å². The maximum atomic E-state index is 12.4. The van der Waals surface area contributed by atoms with Crippen molar-refractivity contribution in [2.24, 2.45) is 0 Å². The summed E-state index contributed by atoms with van der Waals surface area (Å²) in [6.07, 6.45) is 1.82. The second-order valence-electron chi connectivity index (χ2n) is 5.14. The minimum atomic E-state index is 0.0674. The molecule has 0 spiro atoms. The van der Waals surface area contributed by atoms with Crippen LogP contribution in [0.15, 0.2) is 74.9 Å². The molecule has 0 unspecified atom stereocenters. The molecule has 2 nitrogen and oxygen atoms in total. The number of rotatable bonds is 2. The molecule has 1 aromatic heterocycles. The van der Waals surface area contributed by atoms with E-state index < -0.39 is 0 Å². The van der Waals surface area contributed by atoms with E-state index in [1.807, 2.05) is 66.7 Å². The highest BCUT2D eigenvalue weighted by Gasteiger charge is 2.25. The van der Waals surface area contributed by atoms with Crippen LogP contribution in [0.2, 0.25) is 0 Å². The van der Waals surface area contributed by atoms with Gasteiger partial charge in [-0.05, 0) is 65.1 Å². The van der Waals surface area contributed by atoms with Crippen molar-refractivity contribution in [3.8, 4) is 11.3 Å². The third kappa shape index (κ3) is 2.88. The molecule has 1 aliphatic rings.